The maximum Gasteiger partial charge on any atom is 0.159 e. The van der Waals surface area contributed by atoms with Crippen LogP contribution < -0.4 is 0 Å². The highest BCUT2D eigenvalue weighted by Gasteiger charge is 2.09. The lowest BCUT2D eigenvalue weighted by Gasteiger charge is -2.07. The van der Waals surface area contributed by atoms with E-state index in [1.165, 1.54) is 0 Å². The summed E-state index contributed by atoms with van der Waals surface area (Å²) >= 11 is 0. The molecule has 0 saturated heterocycles. The summed E-state index contributed by atoms with van der Waals surface area (Å²) in [6, 6.07) is 23.5. The molecule has 0 atom stereocenters. The molecule has 4 rings (SSSR count). The molecule has 0 spiro atoms. The zero-order valence-corrected chi connectivity index (χ0v) is 12.3. The van der Waals surface area contributed by atoms with Crippen LogP contribution in [0.4, 0.5) is 0 Å². The minimum absolute atomic E-state index is 0.168. The Hall–Kier alpha value is -3.20. The number of phenolic OH excluding ortho intramolecular Hbond substituents is 1. The average Bonchev–Trinajstić information content (AvgIpc) is 2.63. The Kier molecular flexibility index (Phi) is 3.24. The van der Waals surface area contributed by atoms with E-state index >= 15 is 0 Å². The first kappa shape index (κ1) is 13.5. The second-order valence-electron chi connectivity index (χ2n) is 5.36. The highest BCUT2D eigenvalue weighted by molar-refractivity contribution is 5.90. The topological polar surface area (TPSA) is 46.0 Å². The monoisotopic (exact) mass is 298 g/mol. The van der Waals surface area contributed by atoms with Crippen LogP contribution in [0.3, 0.4) is 0 Å². The number of aromatic hydroxyl groups is 1. The van der Waals surface area contributed by atoms with Crippen molar-refractivity contribution >= 4 is 10.9 Å². The summed E-state index contributed by atoms with van der Waals surface area (Å²) in [7, 11) is 0. The van der Waals surface area contributed by atoms with E-state index in [9.17, 15) is 5.11 Å². The van der Waals surface area contributed by atoms with Crippen LogP contribution >= 0.6 is 0 Å². The van der Waals surface area contributed by atoms with Crippen molar-refractivity contribution in [3.8, 4) is 28.3 Å². The Morgan fingerprint density at radius 3 is 2.04 bits per heavy atom. The van der Waals surface area contributed by atoms with Crippen LogP contribution in [0.15, 0.2) is 79.0 Å². The van der Waals surface area contributed by atoms with Gasteiger partial charge in [-0.05, 0) is 23.3 Å². The fraction of sp³-hybridized carbons (Fsp3) is 0. The zero-order chi connectivity index (χ0) is 15.6. The fourth-order valence-corrected chi connectivity index (χ4v) is 2.65. The minimum Gasteiger partial charge on any atom is -0.506 e. The smallest absolute Gasteiger partial charge is 0.159 e. The Morgan fingerprint density at radius 2 is 1.35 bits per heavy atom. The van der Waals surface area contributed by atoms with Gasteiger partial charge in [-0.25, -0.2) is 9.97 Å². The Bertz CT molecular complexity index is 967. The molecule has 1 N–H and O–H groups in total. The molecule has 0 aliphatic carbocycles. The van der Waals surface area contributed by atoms with Gasteiger partial charge in [-0.3, -0.25) is 0 Å². The van der Waals surface area contributed by atoms with E-state index in [2.05, 4.69) is 9.97 Å². The van der Waals surface area contributed by atoms with Crippen molar-refractivity contribution in [3.63, 3.8) is 0 Å². The van der Waals surface area contributed by atoms with Crippen LogP contribution in [0, 0.1) is 0 Å². The predicted molar refractivity (Wildman–Crippen MR) is 92.1 cm³/mol. The summed E-state index contributed by atoms with van der Waals surface area (Å²) < 4.78 is 0. The summed E-state index contributed by atoms with van der Waals surface area (Å²) in [5.41, 5.74) is 3.50. The molecule has 0 aliphatic rings. The van der Waals surface area contributed by atoms with Gasteiger partial charge in [-0.2, -0.15) is 0 Å². The number of aromatic nitrogens is 2. The highest BCUT2D eigenvalue weighted by Crippen LogP contribution is 2.31. The number of nitrogens with zero attached hydrogens (tertiary/aromatic N) is 2. The number of hydrogen-bond acceptors (Lipinski definition) is 3. The number of fused-ring (bicyclic) bond motifs is 1. The second kappa shape index (κ2) is 5.54. The van der Waals surface area contributed by atoms with Crippen LogP contribution in [-0.4, -0.2) is 15.1 Å². The van der Waals surface area contributed by atoms with Crippen molar-refractivity contribution in [2.75, 3.05) is 0 Å². The minimum atomic E-state index is 0.168. The van der Waals surface area contributed by atoms with Crippen LogP contribution in [0.5, 0.6) is 5.75 Å². The van der Waals surface area contributed by atoms with Gasteiger partial charge in [0.15, 0.2) is 5.82 Å². The molecular weight excluding hydrogens is 284 g/mol. The summed E-state index contributed by atoms with van der Waals surface area (Å²) in [4.78, 5) is 8.95. The van der Waals surface area contributed by atoms with Gasteiger partial charge >= 0.3 is 0 Å². The van der Waals surface area contributed by atoms with Gasteiger partial charge in [-0.1, -0.05) is 60.7 Å². The van der Waals surface area contributed by atoms with Gasteiger partial charge in [0, 0.05) is 17.1 Å². The third kappa shape index (κ3) is 2.53. The van der Waals surface area contributed by atoms with Gasteiger partial charge in [0.05, 0.1) is 0 Å². The molecule has 3 nitrogen and oxygen atoms in total. The molecule has 0 aliphatic heterocycles. The molecule has 110 valence electrons. The van der Waals surface area contributed by atoms with E-state index in [1.807, 2.05) is 66.7 Å². The van der Waals surface area contributed by atoms with Crippen LogP contribution in [0.25, 0.3) is 33.4 Å². The molecule has 0 radical (unpaired) electrons. The summed E-state index contributed by atoms with van der Waals surface area (Å²) in [6.45, 7) is 0. The lowest BCUT2D eigenvalue weighted by Crippen LogP contribution is -1.91. The third-order valence-electron chi connectivity index (χ3n) is 3.80. The molecule has 0 amide bonds. The first-order valence-corrected chi connectivity index (χ1v) is 7.42. The molecule has 1 aromatic heterocycles. The molecule has 0 saturated carbocycles. The van der Waals surface area contributed by atoms with E-state index in [-0.39, 0.29) is 5.75 Å². The van der Waals surface area contributed by atoms with Crippen molar-refractivity contribution in [2.24, 2.45) is 0 Å². The summed E-state index contributed by atoms with van der Waals surface area (Å²) in [6.07, 6.45) is 1.76. The molecule has 4 aromatic rings. The average molecular weight is 298 g/mol. The molecule has 1 heterocycles. The third-order valence-corrected chi connectivity index (χ3v) is 3.80. The standard InChI is InChI=1S/C20H14N2O/c23-18-12-16(14-7-3-1-4-8-14)11-17-13-21-20(22-19(17)18)15-9-5-2-6-10-15/h1-13,23H. The second-order valence-corrected chi connectivity index (χ2v) is 5.36. The highest BCUT2D eigenvalue weighted by atomic mass is 16.3. The van der Waals surface area contributed by atoms with Crippen LogP contribution in [0.1, 0.15) is 0 Å². The predicted octanol–water partition coefficient (Wildman–Crippen LogP) is 4.67. The van der Waals surface area contributed by atoms with E-state index in [0.717, 1.165) is 22.1 Å². The zero-order valence-electron chi connectivity index (χ0n) is 12.3. The van der Waals surface area contributed by atoms with Gasteiger partial charge in [-0.15, -0.1) is 0 Å². The summed E-state index contributed by atoms with van der Waals surface area (Å²) in [5, 5.41) is 11.2. The van der Waals surface area contributed by atoms with E-state index < -0.39 is 0 Å². The Morgan fingerprint density at radius 1 is 0.696 bits per heavy atom. The van der Waals surface area contributed by atoms with Crippen molar-refractivity contribution in [3.05, 3.63) is 79.0 Å². The normalized spacial score (nSPS) is 10.8. The number of hydrogen-bond donors (Lipinski definition) is 1. The lowest BCUT2D eigenvalue weighted by atomic mass is 10.0. The Balaban J connectivity index is 1.86. The fourth-order valence-electron chi connectivity index (χ4n) is 2.65. The van der Waals surface area contributed by atoms with E-state index in [0.29, 0.717) is 11.3 Å². The van der Waals surface area contributed by atoms with Crippen molar-refractivity contribution < 1.29 is 5.11 Å². The first-order valence-electron chi connectivity index (χ1n) is 7.42. The first-order chi connectivity index (χ1) is 11.3. The largest absolute Gasteiger partial charge is 0.506 e. The van der Waals surface area contributed by atoms with Crippen LogP contribution in [0.2, 0.25) is 0 Å². The van der Waals surface area contributed by atoms with Crippen molar-refractivity contribution in [1.82, 2.24) is 9.97 Å². The van der Waals surface area contributed by atoms with Gasteiger partial charge in [0.25, 0.3) is 0 Å². The number of rotatable bonds is 2. The maximum absolute atomic E-state index is 10.4. The maximum atomic E-state index is 10.4. The SMILES string of the molecule is Oc1cc(-c2ccccc2)cc2cnc(-c3ccccc3)nc12. The molecule has 0 unspecified atom stereocenters. The van der Waals surface area contributed by atoms with E-state index in [4.69, 9.17) is 0 Å². The lowest BCUT2D eigenvalue weighted by molar-refractivity contribution is 0.480. The quantitative estimate of drug-likeness (QED) is 0.585. The number of phenols is 1. The molecule has 0 bridgehead atoms. The van der Waals surface area contributed by atoms with Crippen molar-refractivity contribution in [2.45, 2.75) is 0 Å². The number of benzene rings is 3. The van der Waals surface area contributed by atoms with Gasteiger partial charge in [0.2, 0.25) is 0 Å². The summed E-state index contributed by atoms with van der Waals surface area (Å²) in [5.74, 6) is 0.779. The Labute approximate surface area is 133 Å². The van der Waals surface area contributed by atoms with Gasteiger partial charge < -0.3 is 5.11 Å². The molecule has 23 heavy (non-hydrogen) atoms. The van der Waals surface area contributed by atoms with Crippen molar-refractivity contribution in [1.29, 1.82) is 0 Å². The molecule has 0 fully saturated rings. The molecule has 3 aromatic carbocycles. The van der Waals surface area contributed by atoms with Gasteiger partial charge in [0.1, 0.15) is 11.3 Å². The van der Waals surface area contributed by atoms with Crippen LogP contribution in [-0.2, 0) is 0 Å². The van der Waals surface area contributed by atoms with E-state index in [1.54, 1.807) is 12.3 Å². The molecular formula is C20H14N2O. The molecule has 3 heteroatoms.